The fourth-order valence-corrected chi connectivity index (χ4v) is 3.57. The van der Waals surface area contributed by atoms with Crippen LogP contribution >= 0.6 is 34.7 Å². The van der Waals surface area contributed by atoms with Gasteiger partial charge in [-0.3, -0.25) is 4.79 Å². The Bertz CT molecular complexity index is 571. The molecule has 0 fully saturated rings. The molecule has 0 bridgehead atoms. The van der Waals surface area contributed by atoms with Gasteiger partial charge in [0.05, 0.1) is 16.0 Å². The summed E-state index contributed by atoms with van der Waals surface area (Å²) in [5, 5.41) is 4.15. The number of unbranched alkanes of at least 4 members (excludes halogenated alkanes) is 1. The van der Waals surface area contributed by atoms with Gasteiger partial charge >= 0.3 is 0 Å². The lowest BCUT2D eigenvalue weighted by Crippen LogP contribution is -2.14. The Hall–Kier alpha value is -0.780. The largest absolute Gasteiger partial charge is 0.301 e. The molecule has 0 unspecified atom stereocenters. The summed E-state index contributed by atoms with van der Waals surface area (Å²) in [5.41, 5.74) is 0.864. The zero-order chi connectivity index (χ0) is 13.7. The normalized spacial score (nSPS) is 10.8. The number of amides is 1. The van der Waals surface area contributed by atoms with Crippen molar-refractivity contribution in [2.75, 3.05) is 16.8 Å². The average Bonchev–Trinajstić information content (AvgIpc) is 2.76. The van der Waals surface area contributed by atoms with E-state index in [1.165, 1.54) is 11.3 Å². The van der Waals surface area contributed by atoms with Gasteiger partial charge in [0.25, 0.3) is 0 Å². The second kappa shape index (κ2) is 7.12. The molecule has 19 heavy (non-hydrogen) atoms. The number of thioether (sulfide) groups is 1. The Balaban J connectivity index is 1.91. The summed E-state index contributed by atoms with van der Waals surface area (Å²) in [6.45, 7) is 2.15. The van der Waals surface area contributed by atoms with E-state index in [0.717, 1.165) is 28.8 Å². The van der Waals surface area contributed by atoms with Crippen molar-refractivity contribution in [1.29, 1.82) is 0 Å². The van der Waals surface area contributed by atoms with Crippen LogP contribution in [0.1, 0.15) is 19.8 Å². The molecule has 1 aromatic carbocycles. The van der Waals surface area contributed by atoms with Crippen LogP contribution in [0, 0.1) is 0 Å². The highest BCUT2D eigenvalue weighted by molar-refractivity contribution is 7.99. The average molecular weight is 315 g/mol. The molecule has 2 rings (SSSR count). The first-order valence-electron chi connectivity index (χ1n) is 6.12. The van der Waals surface area contributed by atoms with Gasteiger partial charge in [-0.25, -0.2) is 4.98 Å². The standard InChI is InChI=1S/C13H15ClN2OS2/c1-2-3-6-18-8-12(17)16-13-15-10-5-4-9(14)7-11(10)19-13/h4-5,7H,2-3,6,8H2,1H3,(H,15,16,17). The Morgan fingerprint density at radius 2 is 2.37 bits per heavy atom. The van der Waals surface area contributed by atoms with Crippen molar-refractivity contribution in [2.24, 2.45) is 0 Å². The Morgan fingerprint density at radius 1 is 1.53 bits per heavy atom. The summed E-state index contributed by atoms with van der Waals surface area (Å²) in [4.78, 5) is 16.1. The summed E-state index contributed by atoms with van der Waals surface area (Å²) >= 11 is 9.03. The van der Waals surface area contributed by atoms with Crippen LogP contribution in [0.25, 0.3) is 10.2 Å². The lowest BCUT2D eigenvalue weighted by Gasteiger charge is -2.00. The number of aromatic nitrogens is 1. The minimum Gasteiger partial charge on any atom is -0.301 e. The van der Waals surface area contributed by atoms with Crippen LogP contribution in [0.15, 0.2) is 18.2 Å². The van der Waals surface area contributed by atoms with E-state index in [1.54, 1.807) is 17.8 Å². The van der Waals surface area contributed by atoms with Crippen LogP contribution in [0.2, 0.25) is 5.02 Å². The molecule has 0 aliphatic carbocycles. The highest BCUT2D eigenvalue weighted by Crippen LogP contribution is 2.28. The molecule has 102 valence electrons. The van der Waals surface area contributed by atoms with E-state index in [-0.39, 0.29) is 5.91 Å². The Labute approximate surface area is 125 Å². The smallest absolute Gasteiger partial charge is 0.236 e. The molecule has 0 aliphatic rings. The quantitative estimate of drug-likeness (QED) is 0.802. The number of anilines is 1. The summed E-state index contributed by atoms with van der Waals surface area (Å²) in [6.07, 6.45) is 2.31. The molecule has 0 aliphatic heterocycles. The van der Waals surface area contributed by atoms with Crippen molar-refractivity contribution in [2.45, 2.75) is 19.8 Å². The van der Waals surface area contributed by atoms with E-state index < -0.39 is 0 Å². The lowest BCUT2D eigenvalue weighted by molar-refractivity contribution is -0.113. The minimum atomic E-state index is 0.00579. The van der Waals surface area contributed by atoms with Crippen molar-refractivity contribution >= 4 is 56.0 Å². The van der Waals surface area contributed by atoms with Crippen molar-refractivity contribution in [3.8, 4) is 0 Å². The number of benzene rings is 1. The number of thiazole rings is 1. The molecule has 0 saturated carbocycles. The van der Waals surface area contributed by atoms with Crippen molar-refractivity contribution in [3.05, 3.63) is 23.2 Å². The van der Waals surface area contributed by atoms with Gasteiger partial charge in [0.15, 0.2) is 5.13 Å². The maximum atomic E-state index is 11.7. The van der Waals surface area contributed by atoms with E-state index in [9.17, 15) is 4.79 Å². The zero-order valence-corrected chi connectivity index (χ0v) is 13.0. The molecule has 1 heterocycles. The SMILES string of the molecule is CCCCSCC(=O)Nc1nc2ccc(Cl)cc2s1. The fraction of sp³-hybridized carbons (Fsp3) is 0.385. The molecular formula is C13H15ClN2OS2. The minimum absolute atomic E-state index is 0.00579. The molecule has 0 spiro atoms. The molecule has 6 heteroatoms. The first-order chi connectivity index (χ1) is 9.19. The van der Waals surface area contributed by atoms with Gasteiger partial charge < -0.3 is 5.32 Å². The molecule has 3 nitrogen and oxygen atoms in total. The van der Waals surface area contributed by atoms with E-state index >= 15 is 0 Å². The first-order valence-corrected chi connectivity index (χ1v) is 8.47. The number of nitrogens with one attached hydrogen (secondary N) is 1. The molecule has 1 amide bonds. The van der Waals surface area contributed by atoms with Crippen LogP contribution in [-0.4, -0.2) is 22.4 Å². The summed E-state index contributed by atoms with van der Waals surface area (Å²) < 4.78 is 0.987. The molecular weight excluding hydrogens is 300 g/mol. The molecule has 0 atom stereocenters. The Kier molecular flexibility index (Phi) is 5.48. The maximum Gasteiger partial charge on any atom is 0.236 e. The second-order valence-corrected chi connectivity index (χ2v) is 6.66. The van der Waals surface area contributed by atoms with Crippen LogP contribution in [0.5, 0.6) is 0 Å². The lowest BCUT2D eigenvalue weighted by atomic mass is 10.3. The van der Waals surface area contributed by atoms with Gasteiger partial charge in [0, 0.05) is 5.02 Å². The first kappa shape index (κ1) is 14.6. The topological polar surface area (TPSA) is 42.0 Å². The number of carbonyl (C=O) groups is 1. The van der Waals surface area contributed by atoms with E-state index in [4.69, 9.17) is 11.6 Å². The van der Waals surface area contributed by atoms with Crippen molar-refractivity contribution in [1.82, 2.24) is 4.98 Å². The highest BCUT2D eigenvalue weighted by atomic mass is 35.5. The second-order valence-electron chi connectivity index (χ2n) is 4.09. The predicted octanol–water partition coefficient (Wildman–Crippen LogP) is 4.42. The monoisotopic (exact) mass is 314 g/mol. The number of rotatable bonds is 6. The summed E-state index contributed by atoms with van der Waals surface area (Å²) in [5.74, 6) is 1.52. The van der Waals surface area contributed by atoms with Crippen LogP contribution < -0.4 is 5.32 Å². The fourth-order valence-electron chi connectivity index (χ4n) is 1.52. The molecule has 2 aromatic rings. The highest BCUT2D eigenvalue weighted by Gasteiger charge is 2.08. The van der Waals surface area contributed by atoms with Crippen molar-refractivity contribution in [3.63, 3.8) is 0 Å². The Morgan fingerprint density at radius 3 is 3.16 bits per heavy atom. The number of fused-ring (bicyclic) bond motifs is 1. The van der Waals surface area contributed by atoms with Gasteiger partial charge in [0.1, 0.15) is 0 Å². The summed E-state index contributed by atoms with van der Waals surface area (Å²) in [7, 11) is 0. The van der Waals surface area contributed by atoms with Crippen LogP contribution in [-0.2, 0) is 4.79 Å². The predicted molar refractivity (Wildman–Crippen MR) is 85.5 cm³/mol. The number of halogens is 1. The molecule has 0 radical (unpaired) electrons. The van der Waals surface area contributed by atoms with E-state index in [2.05, 4.69) is 17.2 Å². The van der Waals surface area contributed by atoms with Gasteiger partial charge in [0.2, 0.25) is 5.91 Å². The maximum absolute atomic E-state index is 11.7. The number of hydrogen-bond acceptors (Lipinski definition) is 4. The molecule has 1 N–H and O–H groups in total. The third kappa shape index (κ3) is 4.37. The van der Waals surface area contributed by atoms with Gasteiger partial charge in [-0.1, -0.05) is 36.3 Å². The summed E-state index contributed by atoms with van der Waals surface area (Å²) in [6, 6.07) is 5.52. The molecule has 0 saturated heterocycles. The third-order valence-corrected chi connectivity index (χ3v) is 4.68. The van der Waals surface area contributed by atoms with E-state index in [1.807, 2.05) is 12.1 Å². The van der Waals surface area contributed by atoms with Crippen molar-refractivity contribution < 1.29 is 4.79 Å². The third-order valence-electron chi connectivity index (χ3n) is 2.47. The van der Waals surface area contributed by atoms with Crippen LogP contribution in [0.4, 0.5) is 5.13 Å². The van der Waals surface area contributed by atoms with Crippen LogP contribution in [0.3, 0.4) is 0 Å². The van der Waals surface area contributed by atoms with Gasteiger partial charge in [-0.05, 0) is 30.4 Å². The van der Waals surface area contributed by atoms with Gasteiger partial charge in [-0.15, -0.1) is 0 Å². The number of carbonyl (C=O) groups excluding carboxylic acids is 1. The van der Waals surface area contributed by atoms with E-state index in [0.29, 0.717) is 15.9 Å². The zero-order valence-electron chi connectivity index (χ0n) is 10.6. The number of nitrogens with zero attached hydrogens (tertiary/aromatic N) is 1. The number of hydrogen-bond donors (Lipinski definition) is 1. The van der Waals surface area contributed by atoms with Gasteiger partial charge in [-0.2, -0.15) is 11.8 Å². The molecule has 1 aromatic heterocycles.